The van der Waals surface area contributed by atoms with Gasteiger partial charge in [0, 0.05) is 5.71 Å². The Bertz CT molecular complexity index is 397. The van der Waals surface area contributed by atoms with Crippen molar-refractivity contribution in [3.05, 3.63) is 30.3 Å². The fourth-order valence-electron chi connectivity index (χ4n) is 1.34. The Hall–Kier alpha value is -1.84. The van der Waals surface area contributed by atoms with Crippen molar-refractivity contribution >= 4 is 11.8 Å². The highest BCUT2D eigenvalue weighted by molar-refractivity contribution is 5.87. The van der Waals surface area contributed by atoms with Crippen molar-refractivity contribution in [3.63, 3.8) is 0 Å². The minimum Gasteiger partial charge on any atom is -0.409 e. The molecule has 0 saturated heterocycles. The summed E-state index contributed by atoms with van der Waals surface area (Å²) >= 11 is 0. The number of carbonyl (C=O) groups is 1. The molecule has 84 valence electrons. The molecule has 0 heterocycles. The second-order valence-corrected chi connectivity index (χ2v) is 3.84. The number of hydrogen-bond acceptors (Lipinski definition) is 3. The molecule has 1 aliphatic carbocycles. The summed E-state index contributed by atoms with van der Waals surface area (Å²) in [5.74, 6) is 1.07. The smallest absolute Gasteiger partial charge is 0.409 e. The molecule has 1 fully saturated rings. The summed E-state index contributed by atoms with van der Waals surface area (Å²) in [6, 6.07) is 8.91. The molecule has 0 unspecified atom stereocenters. The summed E-state index contributed by atoms with van der Waals surface area (Å²) in [5, 5.41) is 3.97. The Balaban J connectivity index is 1.82. The van der Waals surface area contributed by atoms with Gasteiger partial charge in [-0.2, -0.15) is 5.10 Å². The highest BCUT2D eigenvalue weighted by Gasteiger charge is 2.24. The lowest BCUT2D eigenvalue weighted by Gasteiger charge is -2.03. The van der Waals surface area contributed by atoms with Crippen LogP contribution >= 0.6 is 0 Å². The lowest BCUT2D eigenvalue weighted by atomic mass is 10.3. The molecule has 0 radical (unpaired) electrons. The van der Waals surface area contributed by atoms with Crippen LogP contribution in [-0.4, -0.2) is 11.8 Å². The molecule has 1 saturated carbocycles. The molecule has 1 N–H and O–H groups in total. The molecule has 1 aromatic rings. The number of hydrogen-bond donors (Lipinski definition) is 1. The molecular formula is C12H14N2O2. The van der Waals surface area contributed by atoms with Gasteiger partial charge in [0.15, 0.2) is 0 Å². The second kappa shape index (κ2) is 4.79. The monoisotopic (exact) mass is 218 g/mol. The molecule has 0 atom stereocenters. The van der Waals surface area contributed by atoms with E-state index < -0.39 is 6.09 Å². The quantitative estimate of drug-likeness (QED) is 0.626. The first-order chi connectivity index (χ1) is 7.75. The average molecular weight is 218 g/mol. The van der Waals surface area contributed by atoms with Crippen molar-refractivity contribution < 1.29 is 9.53 Å². The number of nitrogens with one attached hydrogen (secondary N) is 1. The van der Waals surface area contributed by atoms with Gasteiger partial charge >= 0.3 is 6.09 Å². The van der Waals surface area contributed by atoms with Gasteiger partial charge in [-0.15, -0.1) is 0 Å². The van der Waals surface area contributed by atoms with Crippen LogP contribution in [0.15, 0.2) is 35.4 Å². The predicted molar refractivity (Wildman–Crippen MR) is 61.4 cm³/mol. The van der Waals surface area contributed by atoms with Crippen LogP contribution in [-0.2, 0) is 0 Å². The third-order valence-corrected chi connectivity index (χ3v) is 2.45. The normalized spacial score (nSPS) is 15.7. The van der Waals surface area contributed by atoms with Gasteiger partial charge < -0.3 is 4.74 Å². The standard InChI is InChI=1S/C12H14N2O2/c1-9(10-7-8-10)13-14-12(15)16-11-5-3-2-4-6-11/h2-6,10H,7-8H2,1H3,(H,14,15). The number of hydrazone groups is 1. The molecule has 0 aromatic heterocycles. The number of amides is 1. The Kier molecular flexibility index (Phi) is 3.19. The van der Waals surface area contributed by atoms with Crippen molar-refractivity contribution in [1.82, 2.24) is 5.43 Å². The van der Waals surface area contributed by atoms with Crippen molar-refractivity contribution in [2.45, 2.75) is 19.8 Å². The zero-order chi connectivity index (χ0) is 11.4. The zero-order valence-corrected chi connectivity index (χ0v) is 9.14. The van der Waals surface area contributed by atoms with Gasteiger partial charge in [0.1, 0.15) is 5.75 Å². The van der Waals surface area contributed by atoms with Gasteiger partial charge in [0.2, 0.25) is 0 Å². The van der Waals surface area contributed by atoms with Crippen LogP contribution in [0.25, 0.3) is 0 Å². The summed E-state index contributed by atoms with van der Waals surface area (Å²) in [4.78, 5) is 11.3. The van der Waals surface area contributed by atoms with E-state index in [0.29, 0.717) is 11.7 Å². The predicted octanol–water partition coefficient (Wildman–Crippen LogP) is 2.56. The fourth-order valence-corrected chi connectivity index (χ4v) is 1.34. The van der Waals surface area contributed by atoms with Crippen molar-refractivity contribution in [1.29, 1.82) is 0 Å². The number of nitrogens with zero attached hydrogens (tertiary/aromatic N) is 1. The molecule has 1 amide bonds. The van der Waals surface area contributed by atoms with Gasteiger partial charge in [-0.05, 0) is 37.8 Å². The summed E-state index contributed by atoms with van der Waals surface area (Å²) < 4.78 is 5.01. The van der Waals surface area contributed by atoms with E-state index in [-0.39, 0.29) is 0 Å². The maximum absolute atomic E-state index is 11.3. The van der Waals surface area contributed by atoms with E-state index in [1.807, 2.05) is 13.0 Å². The summed E-state index contributed by atoms with van der Waals surface area (Å²) in [5.41, 5.74) is 3.34. The number of para-hydroxylation sites is 1. The Morgan fingerprint density at radius 3 is 2.69 bits per heavy atom. The van der Waals surface area contributed by atoms with Gasteiger partial charge in [-0.3, -0.25) is 0 Å². The van der Waals surface area contributed by atoms with Crippen LogP contribution in [0.3, 0.4) is 0 Å². The van der Waals surface area contributed by atoms with Crippen molar-refractivity contribution in [3.8, 4) is 5.75 Å². The van der Waals surface area contributed by atoms with Gasteiger partial charge in [-0.1, -0.05) is 18.2 Å². The molecule has 2 rings (SSSR count). The summed E-state index contributed by atoms with van der Waals surface area (Å²) in [6.45, 7) is 1.92. The zero-order valence-electron chi connectivity index (χ0n) is 9.14. The second-order valence-electron chi connectivity index (χ2n) is 3.84. The number of benzene rings is 1. The summed E-state index contributed by atoms with van der Waals surface area (Å²) in [6.07, 6.45) is 1.79. The Morgan fingerprint density at radius 2 is 2.06 bits per heavy atom. The molecule has 0 spiro atoms. The molecule has 4 heteroatoms. The number of ether oxygens (including phenoxy) is 1. The largest absolute Gasteiger partial charge is 0.433 e. The third kappa shape index (κ3) is 3.08. The van der Waals surface area contributed by atoms with E-state index in [0.717, 1.165) is 5.71 Å². The minimum absolute atomic E-state index is 0.513. The first-order valence-electron chi connectivity index (χ1n) is 5.33. The van der Waals surface area contributed by atoms with Crippen LogP contribution in [0.5, 0.6) is 5.75 Å². The molecule has 16 heavy (non-hydrogen) atoms. The van der Waals surface area contributed by atoms with E-state index >= 15 is 0 Å². The fraction of sp³-hybridized carbons (Fsp3) is 0.333. The van der Waals surface area contributed by atoms with Crippen LogP contribution in [0.2, 0.25) is 0 Å². The van der Waals surface area contributed by atoms with Gasteiger partial charge in [0.05, 0.1) is 0 Å². The molecule has 0 aliphatic heterocycles. The van der Waals surface area contributed by atoms with E-state index in [1.54, 1.807) is 24.3 Å². The number of carbonyl (C=O) groups excluding carboxylic acids is 1. The van der Waals surface area contributed by atoms with Crippen molar-refractivity contribution in [2.75, 3.05) is 0 Å². The lowest BCUT2D eigenvalue weighted by molar-refractivity contribution is 0.201. The Labute approximate surface area is 94.3 Å². The van der Waals surface area contributed by atoms with Crippen LogP contribution < -0.4 is 10.2 Å². The molecule has 1 aromatic carbocycles. The van der Waals surface area contributed by atoms with E-state index in [1.165, 1.54) is 12.8 Å². The average Bonchev–Trinajstić information content (AvgIpc) is 3.11. The molecule has 0 bridgehead atoms. The van der Waals surface area contributed by atoms with Gasteiger partial charge in [-0.25, -0.2) is 10.2 Å². The van der Waals surface area contributed by atoms with Crippen molar-refractivity contribution in [2.24, 2.45) is 11.0 Å². The lowest BCUT2D eigenvalue weighted by Crippen LogP contribution is -2.23. The molecule has 4 nitrogen and oxygen atoms in total. The van der Waals surface area contributed by atoms with E-state index in [4.69, 9.17) is 4.74 Å². The maximum Gasteiger partial charge on any atom is 0.433 e. The van der Waals surface area contributed by atoms with Crippen LogP contribution in [0, 0.1) is 5.92 Å². The number of rotatable bonds is 3. The highest BCUT2D eigenvalue weighted by Crippen LogP contribution is 2.30. The van der Waals surface area contributed by atoms with Crippen LogP contribution in [0.1, 0.15) is 19.8 Å². The SMILES string of the molecule is CC(=NNC(=O)Oc1ccccc1)C1CC1. The minimum atomic E-state index is -0.550. The molecular weight excluding hydrogens is 204 g/mol. The van der Waals surface area contributed by atoms with Gasteiger partial charge in [0.25, 0.3) is 0 Å². The Morgan fingerprint density at radius 1 is 1.38 bits per heavy atom. The topological polar surface area (TPSA) is 50.7 Å². The maximum atomic E-state index is 11.3. The molecule has 1 aliphatic rings. The van der Waals surface area contributed by atoms with E-state index in [9.17, 15) is 4.79 Å². The summed E-state index contributed by atoms with van der Waals surface area (Å²) in [7, 11) is 0. The first-order valence-corrected chi connectivity index (χ1v) is 5.33. The highest BCUT2D eigenvalue weighted by atomic mass is 16.6. The van der Waals surface area contributed by atoms with Crippen LogP contribution in [0.4, 0.5) is 4.79 Å². The third-order valence-electron chi connectivity index (χ3n) is 2.45. The van der Waals surface area contributed by atoms with E-state index in [2.05, 4.69) is 10.5 Å². The first kappa shape index (κ1) is 10.7.